The molecule has 0 aromatic rings. The molecule has 0 amide bonds. The van der Waals surface area contributed by atoms with E-state index in [-0.39, 0.29) is 18.1 Å². The number of unbranched alkanes of at least 4 members (excludes halogenated alkanes) is 3. The Morgan fingerprint density at radius 2 is 2.00 bits per heavy atom. The highest BCUT2D eigenvalue weighted by molar-refractivity contribution is 6.07. The van der Waals surface area contributed by atoms with E-state index in [1.54, 1.807) is 6.08 Å². The zero-order valence-corrected chi connectivity index (χ0v) is 13.3. The molecule has 1 aliphatic carbocycles. The fourth-order valence-electron chi connectivity index (χ4n) is 2.32. The molecule has 0 fully saturated rings. The highest BCUT2D eigenvalue weighted by atomic mass is 16.4. The van der Waals surface area contributed by atoms with Crippen LogP contribution in [0.2, 0.25) is 0 Å². The Morgan fingerprint density at radius 1 is 1.23 bits per heavy atom. The normalized spacial score (nSPS) is 20.0. The second-order valence-corrected chi connectivity index (χ2v) is 5.52. The van der Waals surface area contributed by atoms with Gasteiger partial charge in [-0.1, -0.05) is 56.2 Å². The molecule has 0 heterocycles. The van der Waals surface area contributed by atoms with Crippen LogP contribution in [0.4, 0.5) is 0 Å². The quantitative estimate of drug-likeness (QED) is 0.364. The minimum atomic E-state index is -0.752. The Labute approximate surface area is 133 Å². The maximum Gasteiger partial charge on any atom is 0.303 e. The Hall–Kier alpha value is -1.90. The third-order valence-corrected chi connectivity index (χ3v) is 3.62. The van der Waals surface area contributed by atoms with E-state index in [0.29, 0.717) is 6.42 Å². The first-order chi connectivity index (χ1) is 10.6. The van der Waals surface area contributed by atoms with Crippen molar-refractivity contribution in [2.45, 2.75) is 51.9 Å². The topological polar surface area (TPSA) is 54.4 Å². The number of carbonyl (C=O) groups is 2. The van der Waals surface area contributed by atoms with Crippen LogP contribution in [0.15, 0.2) is 48.1 Å². The number of carboxylic acids is 1. The average Bonchev–Trinajstić information content (AvgIpc) is 2.83. The van der Waals surface area contributed by atoms with E-state index < -0.39 is 5.97 Å². The monoisotopic (exact) mass is 302 g/mol. The molecule has 22 heavy (non-hydrogen) atoms. The lowest BCUT2D eigenvalue weighted by atomic mass is 9.97. The maximum absolute atomic E-state index is 11.8. The number of carboxylic acid groups (broad SMARTS) is 1. The molecular formula is C19H26O3. The van der Waals surface area contributed by atoms with E-state index in [0.717, 1.165) is 24.8 Å². The van der Waals surface area contributed by atoms with Crippen molar-refractivity contribution in [3.05, 3.63) is 48.1 Å². The van der Waals surface area contributed by atoms with Crippen molar-refractivity contribution in [3.8, 4) is 0 Å². The zero-order chi connectivity index (χ0) is 16.2. The summed E-state index contributed by atoms with van der Waals surface area (Å²) in [6.07, 6.45) is 19.5. The summed E-state index contributed by atoms with van der Waals surface area (Å²) in [5, 5.41) is 8.56. The largest absolute Gasteiger partial charge is 0.481 e. The molecule has 1 N–H and O–H groups in total. The van der Waals surface area contributed by atoms with Gasteiger partial charge in [-0.3, -0.25) is 9.59 Å². The van der Waals surface area contributed by atoms with Gasteiger partial charge in [0.25, 0.3) is 0 Å². The number of hydrogen-bond donors (Lipinski definition) is 1. The first kappa shape index (κ1) is 18.1. The average molecular weight is 302 g/mol. The van der Waals surface area contributed by atoms with Gasteiger partial charge >= 0.3 is 5.97 Å². The third kappa shape index (κ3) is 7.21. The summed E-state index contributed by atoms with van der Waals surface area (Å²) in [7, 11) is 0. The molecule has 3 heteroatoms. The molecule has 3 nitrogen and oxygen atoms in total. The molecule has 0 radical (unpaired) electrons. The zero-order valence-electron chi connectivity index (χ0n) is 13.3. The highest BCUT2D eigenvalue weighted by Crippen LogP contribution is 2.25. The van der Waals surface area contributed by atoms with E-state index in [9.17, 15) is 9.59 Å². The van der Waals surface area contributed by atoms with Crippen LogP contribution >= 0.6 is 0 Å². The molecule has 1 aliphatic rings. The van der Waals surface area contributed by atoms with E-state index in [4.69, 9.17) is 5.11 Å². The summed E-state index contributed by atoms with van der Waals surface area (Å²) in [5.74, 6) is -0.499. The Bertz CT molecular complexity index is 481. The van der Waals surface area contributed by atoms with Gasteiger partial charge in [0.05, 0.1) is 0 Å². The lowest BCUT2D eigenvalue weighted by molar-refractivity contribution is -0.137. The first-order valence-electron chi connectivity index (χ1n) is 8.11. The van der Waals surface area contributed by atoms with Gasteiger partial charge in [0, 0.05) is 17.9 Å². The third-order valence-electron chi connectivity index (χ3n) is 3.62. The number of aliphatic carboxylic acids is 1. The molecule has 0 saturated heterocycles. The van der Waals surface area contributed by atoms with E-state index in [2.05, 4.69) is 13.0 Å². The Kier molecular flexibility index (Phi) is 8.89. The maximum atomic E-state index is 11.8. The lowest BCUT2D eigenvalue weighted by Gasteiger charge is -2.06. The van der Waals surface area contributed by atoms with Crippen molar-refractivity contribution < 1.29 is 14.7 Å². The lowest BCUT2D eigenvalue weighted by Crippen LogP contribution is -2.01. The van der Waals surface area contributed by atoms with Gasteiger partial charge in [-0.25, -0.2) is 0 Å². The Balaban J connectivity index is 2.40. The van der Waals surface area contributed by atoms with Crippen LogP contribution in [0.1, 0.15) is 51.9 Å². The molecule has 120 valence electrons. The number of allylic oxidation sites excluding steroid dienone is 8. The predicted molar refractivity (Wildman–Crippen MR) is 89.6 cm³/mol. The van der Waals surface area contributed by atoms with Gasteiger partial charge in [-0.05, 0) is 31.8 Å². The van der Waals surface area contributed by atoms with Gasteiger partial charge in [-0.15, -0.1) is 0 Å². The molecule has 0 spiro atoms. The van der Waals surface area contributed by atoms with Gasteiger partial charge < -0.3 is 5.11 Å². The van der Waals surface area contributed by atoms with Crippen LogP contribution in [0.25, 0.3) is 0 Å². The summed E-state index contributed by atoms with van der Waals surface area (Å²) >= 11 is 0. The van der Waals surface area contributed by atoms with Crippen molar-refractivity contribution in [1.82, 2.24) is 0 Å². The molecule has 1 rings (SSSR count). The molecule has 0 aromatic carbocycles. The van der Waals surface area contributed by atoms with Gasteiger partial charge in [0.15, 0.2) is 5.78 Å². The molecule has 0 aliphatic heterocycles. The van der Waals surface area contributed by atoms with Crippen molar-refractivity contribution in [2.24, 2.45) is 5.92 Å². The van der Waals surface area contributed by atoms with E-state index in [1.165, 1.54) is 12.8 Å². The summed E-state index contributed by atoms with van der Waals surface area (Å²) in [5.41, 5.74) is 0.850. The summed E-state index contributed by atoms with van der Waals surface area (Å²) in [6, 6.07) is 0. The van der Waals surface area contributed by atoms with Gasteiger partial charge in [0.1, 0.15) is 0 Å². The van der Waals surface area contributed by atoms with Crippen LogP contribution in [0, 0.1) is 5.92 Å². The van der Waals surface area contributed by atoms with Crippen LogP contribution in [-0.2, 0) is 9.59 Å². The van der Waals surface area contributed by atoms with Crippen LogP contribution in [-0.4, -0.2) is 16.9 Å². The number of hydrogen-bond acceptors (Lipinski definition) is 2. The fraction of sp³-hybridized carbons (Fsp3) is 0.474. The van der Waals surface area contributed by atoms with Crippen molar-refractivity contribution >= 4 is 11.8 Å². The summed E-state index contributed by atoms with van der Waals surface area (Å²) < 4.78 is 0. The first-order valence-corrected chi connectivity index (χ1v) is 8.11. The number of carbonyl (C=O) groups excluding carboxylic acids is 1. The van der Waals surface area contributed by atoms with Crippen molar-refractivity contribution in [3.63, 3.8) is 0 Å². The second-order valence-electron chi connectivity index (χ2n) is 5.52. The summed E-state index contributed by atoms with van der Waals surface area (Å²) in [4.78, 5) is 22.2. The predicted octanol–water partition coefficient (Wildman–Crippen LogP) is 4.62. The molecule has 0 aromatic heterocycles. The van der Waals surface area contributed by atoms with E-state index >= 15 is 0 Å². The SMILES string of the molecule is CCCC/C=C/C=C1/C(=O)C=CC1C/C=C\CCCC(=O)O. The number of rotatable bonds is 10. The van der Waals surface area contributed by atoms with Gasteiger partial charge in [0.2, 0.25) is 0 Å². The molecule has 1 atom stereocenters. The summed E-state index contributed by atoms with van der Waals surface area (Å²) in [6.45, 7) is 2.16. The smallest absolute Gasteiger partial charge is 0.303 e. The minimum absolute atomic E-state index is 0.101. The van der Waals surface area contributed by atoms with Gasteiger partial charge in [-0.2, -0.15) is 0 Å². The minimum Gasteiger partial charge on any atom is -0.481 e. The molecule has 0 saturated carbocycles. The van der Waals surface area contributed by atoms with Crippen LogP contribution < -0.4 is 0 Å². The van der Waals surface area contributed by atoms with Crippen molar-refractivity contribution in [2.75, 3.05) is 0 Å². The Morgan fingerprint density at radius 3 is 2.73 bits per heavy atom. The second kappa shape index (κ2) is 10.8. The fourth-order valence-corrected chi connectivity index (χ4v) is 2.32. The highest BCUT2D eigenvalue weighted by Gasteiger charge is 2.20. The van der Waals surface area contributed by atoms with E-state index in [1.807, 2.05) is 30.4 Å². The van der Waals surface area contributed by atoms with Crippen LogP contribution in [0.5, 0.6) is 0 Å². The standard InChI is InChI=1S/C19H26O3/c1-2-3-4-5-9-12-17-16(14-15-18(17)20)11-8-6-7-10-13-19(21)22/h5-6,8-9,12,14-16H,2-4,7,10-11,13H2,1H3,(H,21,22)/b8-6-,9-5+,17-12+. The number of ketones is 1. The molecular weight excluding hydrogens is 276 g/mol. The molecule has 1 unspecified atom stereocenters. The van der Waals surface area contributed by atoms with Crippen LogP contribution in [0.3, 0.4) is 0 Å². The van der Waals surface area contributed by atoms with Crippen molar-refractivity contribution in [1.29, 1.82) is 0 Å². The molecule has 0 bridgehead atoms.